The minimum atomic E-state index is -0.794. The number of nitrogens with zero attached hydrogens (tertiary/aromatic N) is 1. The standard InChI is InChI=1S/C12H28N2O3/c1-11(9-17-4)14(7-8-16-3)6-5-12(2,15)10-13/h11,15H,5-10,13H2,1-4H3. The molecule has 104 valence electrons. The largest absolute Gasteiger partial charge is 0.389 e. The van der Waals surface area contributed by atoms with Gasteiger partial charge in [0.2, 0.25) is 0 Å². The molecule has 0 aromatic heterocycles. The zero-order valence-corrected chi connectivity index (χ0v) is 11.6. The van der Waals surface area contributed by atoms with Crippen LogP contribution in [0.5, 0.6) is 0 Å². The van der Waals surface area contributed by atoms with Gasteiger partial charge in [-0.25, -0.2) is 0 Å². The lowest BCUT2D eigenvalue weighted by Crippen LogP contribution is -2.43. The van der Waals surface area contributed by atoms with Crippen LogP contribution < -0.4 is 5.73 Å². The maximum absolute atomic E-state index is 9.90. The highest BCUT2D eigenvalue weighted by molar-refractivity contribution is 4.77. The quantitative estimate of drug-likeness (QED) is 0.572. The van der Waals surface area contributed by atoms with Crippen LogP contribution in [-0.2, 0) is 9.47 Å². The predicted octanol–water partition coefficient (Wildman–Crippen LogP) is 0.0695. The second-order valence-electron chi connectivity index (χ2n) is 4.78. The molecule has 2 atom stereocenters. The lowest BCUT2D eigenvalue weighted by Gasteiger charge is -2.31. The van der Waals surface area contributed by atoms with Gasteiger partial charge in [-0.15, -0.1) is 0 Å². The van der Waals surface area contributed by atoms with E-state index >= 15 is 0 Å². The fourth-order valence-corrected chi connectivity index (χ4v) is 1.59. The normalized spacial score (nSPS) is 17.1. The number of aliphatic hydroxyl groups is 1. The van der Waals surface area contributed by atoms with E-state index in [4.69, 9.17) is 15.2 Å². The first kappa shape index (κ1) is 16.8. The molecule has 2 unspecified atom stereocenters. The van der Waals surface area contributed by atoms with Crippen molar-refractivity contribution in [1.29, 1.82) is 0 Å². The highest BCUT2D eigenvalue weighted by Crippen LogP contribution is 2.10. The van der Waals surface area contributed by atoms with Gasteiger partial charge in [0.25, 0.3) is 0 Å². The van der Waals surface area contributed by atoms with E-state index in [0.717, 1.165) is 13.1 Å². The summed E-state index contributed by atoms with van der Waals surface area (Å²) in [6.07, 6.45) is 0.654. The fraction of sp³-hybridized carbons (Fsp3) is 1.00. The Labute approximate surface area is 105 Å². The summed E-state index contributed by atoms with van der Waals surface area (Å²) in [6, 6.07) is 0.309. The van der Waals surface area contributed by atoms with Crippen LogP contribution in [0.25, 0.3) is 0 Å². The van der Waals surface area contributed by atoms with Crippen molar-refractivity contribution in [2.45, 2.75) is 31.9 Å². The number of nitrogens with two attached hydrogens (primary N) is 1. The highest BCUT2D eigenvalue weighted by atomic mass is 16.5. The Hall–Kier alpha value is -0.200. The van der Waals surface area contributed by atoms with E-state index < -0.39 is 5.60 Å². The second kappa shape index (κ2) is 8.83. The molecule has 0 bridgehead atoms. The number of hydrogen-bond donors (Lipinski definition) is 2. The first-order chi connectivity index (χ1) is 7.96. The van der Waals surface area contributed by atoms with Gasteiger partial charge in [0.05, 0.1) is 18.8 Å². The summed E-state index contributed by atoms with van der Waals surface area (Å²) in [5, 5.41) is 9.90. The SMILES string of the molecule is COCCN(CCC(C)(O)CN)C(C)COC. The van der Waals surface area contributed by atoms with Gasteiger partial charge in [0.15, 0.2) is 0 Å². The van der Waals surface area contributed by atoms with E-state index in [-0.39, 0.29) is 6.54 Å². The average Bonchev–Trinajstić information content (AvgIpc) is 2.29. The molecule has 0 saturated heterocycles. The Morgan fingerprint density at radius 2 is 1.94 bits per heavy atom. The number of methoxy groups -OCH3 is 2. The molecule has 17 heavy (non-hydrogen) atoms. The van der Waals surface area contributed by atoms with Crippen molar-refractivity contribution < 1.29 is 14.6 Å². The Bertz CT molecular complexity index is 189. The van der Waals surface area contributed by atoms with Crippen molar-refractivity contribution in [3.63, 3.8) is 0 Å². The van der Waals surface area contributed by atoms with Crippen molar-refractivity contribution in [2.75, 3.05) is 47.1 Å². The third kappa shape index (κ3) is 7.68. The molecule has 0 rings (SSSR count). The molecule has 0 aromatic carbocycles. The van der Waals surface area contributed by atoms with Crippen molar-refractivity contribution in [3.05, 3.63) is 0 Å². The minimum absolute atomic E-state index is 0.282. The van der Waals surface area contributed by atoms with E-state index in [0.29, 0.717) is 25.7 Å². The van der Waals surface area contributed by atoms with E-state index in [1.807, 2.05) is 0 Å². The van der Waals surface area contributed by atoms with Crippen LogP contribution in [0.4, 0.5) is 0 Å². The van der Waals surface area contributed by atoms with Crippen molar-refractivity contribution in [2.24, 2.45) is 5.73 Å². The first-order valence-electron chi connectivity index (χ1n) is 6.11. The topological polar surface area (TPSA) is 68.0 Å². The van der Waals surface area contributed by atoms with Crippen LogP contribution in [0.2, 0.25) is 0 Å². The van der Waals surface area contributed by atoms with E-state index in [1.165, 1.54) is 0 Å². The van der Waals surface area contributed by atoms with Crippen molar-refractivity contribution in [1.82, 2.24) is 4.90 Å². The van der Waals surface area contributed by atoms with Crippen LogP contribution in [-0.4, -0.2) is 68.7 Å². The van der Waals surface area contributed by atoms with E-state index in [9.17, 15) is 5.11 Å². The van der Waals surface area contributed by atoms with Gasteiger partial charge in [-0.1, -0.05) is 0 Å². The lowest BCUT2D eigenvalue weighted by molar-refractivity contribution is 0.0259. The molecule has 5 nitrogen and oxygen atoms in total. The van der Waals surface area contributed by atoms with Gasteiger partial charge in [-0.05, 0) is 20.3 Å². The van der Waals surface area contributed by atoms with Crippen LogP contribution in [0.3, 0.4) is 0 Å². The molecule has 0 spiro atoms. The van der Waals surface area contributed by atoms with Crippen LogP contribution in [0.15, 0.2) is 0 Å². The zero-order chi connectivity index (χ0) is 13.3. The molecule has 0 aliphatic rings. The van der Waals surface area contributed by atoms with Gasteiger partial charge < -0.3 is 20.3 Å². The van der Waals surface area contributed by atoms with Crippen LogP contribution >= 0.6 is 0 Å². The van der Waals surface area contributed by atoms with E-state index in [1.54, 1.807) is 21.1 Å². The van der Waals surface area contributed by atoms with Crippen LogP contribution in [0.1, 0.15) is 20.3 Å². The third-order valence-corrected chi connectivity index (χ3v) is 2.99. The molecule has 0 heterocycles. The maximum Gasteiger partial charge on any atom is 0.0753 e. The van der Waals surface area contributed by atoms with Gasteiger partial charge in [-0.3, -0.25) is 4.90 Å². The fourth-order valence-electron chi connectivity index (χ4n) is 1.59. The Balaban J connectivity index is 4.18. The van der Waals surface area contributed by atoms with Gasteiger partial charge in [0.1, 0.15) is 0 Å². The average molecular weight is 248 g/mol. The molecular weight excluding hydrogens is 220 g/mol. The zero-order valence-electron chi connectivity index (χ0n) is 11.6. The third-order valence-electron chi connectivity index (χ3n) is 2.99. The Morgan fingerprint density at radius 1 is 1.29 bits per heavy atom. The molecule has 0 radical (unpaired) electrons. The predicted molar refractivity (Wildman–Crippen MR) is 69.1 cm³/mol. The first-order valence-corrected chi connectivity index (χ1v) is 6.11. The Morgan fingerprint density at radius 3 is 2.41 bits per heavy atom. The molecule has 3 N–H and O–H groups in total. The monoisotopic (exact) mass is 248 g/mol. The molecule has 5 heteroatoms. The second-order valence-corrected chi connectivity index (χ2v) is 4.78. The number of rotatable bonds is 10. The molecule has 0 aliphatic carbocycles. The molecule has 0 fully saturated rings. The van der Waals surface area contributed by atoms with E-state index in [2.05, 4.69) is 11.8 Å². The maximum atomic E-state index is 9.90. The Kier molecular flexibility index (Phi) is 8.72. The van der Waals surface area contributed by atoms with Gasteiger partial charge >= 0.3 is 0 Å². The molecule has 0 amide bonds. The molecule has 0 aromatic rings. The van der Waals surface area contributed by atoms with Gasteiger partial charge in [0, 0.05) is 39.9 Å². The summed E-state index contributed by atoms with van der Waals surface area (Å²) in [5.74, 6) is 0. The summed E-state index contributed by atoms with van der Waals surface area (Å²) in [5.41, 5.74) is 4.72. The summed E-state index contributed by atoms with van der Waals surface area (Å²) in [6.45, 7) is 7.13. The number of hydrogen-bond acceptors (Lipinski definition) is 5. The summed E-state index contributed by atoms with van der Waals surface area (Å²) in [4.78, 5) is 2.25. The van der Waals surface area contributed by atoms with Crippen molar-refractivity contribution in [3.8, 4) is 0 Å². The smallest absolute Gasteiger partial charge is 0.0753 e. The van der Waals surface area contributed by atoms with Crippen LogP contribution in [0, 0.1) is 0 Å². The summed E-state index contributed by atoms with van der Waals surface area (Å²) >= 11 is 0. The van der Waals surface area contributed by atoms with Gasteiger partial charge in [-0.2, -0.15) is 0 Å². The number of ether oxygens (including phenoxy) is 2. The summed E-state index contributed by atoms with van der Waals surface area (Å²) in [7, 11) is 3.39. The highest BCUT2D eigenvalue weighted by Gasteiger charge is 2.21. The molecule has 0 aliphatic heterocycles. The lowest BCUT2D eigenvalue weighted by atomic mass is 10.0. The summed E-state index contributed by atoms with van der Waals surface area (Å²) < 4.78 is 10.2. The molecular formula is C12H28N2O3. The van der Waals surface area contributed by atoms with Crippen molar-refractivity contribution >= 4 is 0 Å². The molecule has 0 saturated carbocycles. The minimum Gasteiger partial charge on any atom is -0.389 e.